The predicted molar refractivity (Wildman–Crippen MR) is 139 cm³/mol. The van der Waals surface area contributed by atoms with Crippen LogP contribution in [0.2, 0.25) is 0 Å². The Kier molecular flexibility index (Phi) is 8.69. The molecule has 0 saturated carbocycles. The van der Waals surface area contributed by atoms with E-state index in [1.165, 1.54) is 12.1 Å². The molecule has 0 aliphatic carbocycles. The molecule has 0 bridgehead atoms. The minimum absolute atomic E-state index is 0.168. The maximum atomic E-state index is 14.3. The molecule has 2 saturated heterocycles. The molecule has 0 radical (unpaired) electrons. The Hall–Kier alpha value is -2.55. The molecule has 0 spiro atoms. The molecule has 200 valence electrons. The molecule has 3 aliphatic heterocycles. The third-order valence-electron chi connectivity index (χ3n) is 7.90. The second-order valence-corrected chi connectivity index (χ2v) is 10.5. The Morgan fingerprint density at radius 3 is 2.97 bits per heavy atom. The summed E-state index contributed by atoms with van der Waals surface area (Å²) >= 11 is 0. The molecule has 4 heterocycles. The number of aromatic nitrogens is 1. The van der Waals surface area contributed by atoms with E-state index in [0.717, 1.165) is 80.6 Å². The SMILES string of the molecule is O=C(O)C(c1cc(F)ccc1[C@@H]1CCCCO1)N1CC[C@@H](CCOCCc2ccc3c(n2)CCCN3)C1. The van der Waals surface area contributed by atoms with Crippen LogP contribution in [0.1, 0.15) is 73.2 Å². The Balaban J connectivity index is 1.13. The zero-order chi connectivity index (χ0) is 25.6. The number of carboxylic acid groups (broad SMARTS) is 1. The molecular formula is C29H38FN3O4. The highest BCUT2D eigenvalue weighted by Crippen LogP contribution is 2.37. The van der Waals surface area contributed by atoms with Gasteiger partial charge in [-0.1, -0.05) is 6.07 Å². The first-order valence-corrected chi connectivity index (χ1v) is 13.8. The second kappa shape index (κ2) is 12.3. The van der Waals surface area contributed by atoms with Crippen molar-refractivity contribution >= 4 is 11.7 Å². The Morgan fingerprint density at radius 2 is 2.14 bits per heavy atom. The van der Waals surface area contributed by atoms with Gasteiger partial charge in [0.25, 0.3) is 0 Å². The third-order valence-corrected chi connectivity index (χ3v) is 7.90. The first-order chi connectivity index (χ1) is 18.1. The zero-order valence-corrected chi connectivity index (χ0v) is 21.5. The van der Waals surface area contributed by atoms with E-state index in [9.17, 15) is 14.3 Å². The molecule has 5 rings (SSSR count). The van der Waals surface area contributed by atoms with Gasteiger partial charge in [0.2, 0.25) is 0 Å². The van der Waals surface area contributed by atoms with Crippen molar-refractivity contribution in [1.82, 2.24) is 9.88 Å². The molecule has 2 aromatic rings. The van der Waals surface area contributed by atoms with Crippen LogP contribution in [-0.2, 0) is 27.1 Å². The Bertz CT molecular complexity index is 1080. The number of nitrogens with one attached hydrogen (secondary N) is 1. The fourth-order valence-electron chi connectivity index (χ4n) is 5.93. The lowest BCUT2D eigenvalue weighted by Crippen LogP contribution is -2.34. The van der Waals surface area contributed by atoms with Crippen LogP contribution in [0.25, 0.3) is 0 Å². The molecule has 3 atom stereocenters. The van der Waals surface area contributed by atoms with Crippen LogP contribution in [0.5, 0.6) is 0 Å². The number of carboxylic acids is 1. The van der Waals surface area contributed by atoms with E-state index in [2.05, 4.69) is 17.4 Å². The smallest absolute Gasteiger partial charge is 0.325 e. The first kappa shape index (κ1) is 26.1. The molecule has 7 nitrogen and oxygen atoms in total. The molecule has 2 fully saturated rings. The van der Waals surface area contributed by atoms with Gasteiger partial charge in [-0.15, -0.1) is 0 Å². The number of benzene rings is 1. The van der Waals surface area contributed by atoms with Gasteiger partial charge in [0, 0.05) is 38.4 Å². The number of fused-ring (bicyclic) bond motifs is 1. The lowest BCUT2D eigenvalue weighted by atomic mass is 9.92. The van der Waals surface area contributed by atoms with Crippen LogP contribution in [0, 0.1) is 11.7 Å². The van der Waals surface area contributed by atoms with E-state index < -0.39 is 17.8 Å². The largest absolute Gasteiger partial charge is 0.480 e. The monoisotopic (exact) mass is 511 g/mol. The number of pyridine rings is 1. The average molecular weight is 512 g/mol. The van der Waals surface area contributed by atoms with Crippen LogP contribution in [0.15, 0.2) is 30.3 Å². The summed E-state index contributed by atoms with van der Waals surface area (Å²) in [5, 5.41) is 13.6. The van der Waals surface area contributed by atoms with Crippen LogP contribution in [0.3, 0.4) is 0 Å². The van der Waals surface area contributed by atoms with E-state index in [4.69, 9.17) is 14.5 Å². The number of hydrogen-bond donors (Lipinski definition) is 2. The van der Waals surface area contributed by atoms with E-state index in [-0.39, 0.29) is 6.10 Å². The van der Waals surface area contributed by atoms with E-state index >= 15 is 0 Å². The number of rotatable bonds is 10. The summed E-state index contributed by atoms with van der Waals surface area (Å²) in [5.41, 5.74) is 4.71. The van der Waals surface area contributed by atoms with Gasteiger partial charge >= 0.3 is 5.97 Å². The quantitative estimate of drug-likeness (QED) is 0.438. The summed E-state index contributed by atoms with van der Waals surface area (Å²) < 4.78 is 26.1. The topological polar surface area (TPSA) is 83.9 Å². The van der Waals surface area contributed by atoms with Gasteiger partial charge in [-0.2, -0.15) is 0 Å². The van der Waals surface area contributed by atoms with E-state index in [1.807, 2.05) is 4.90 Å². The minimum atomic E-state index is -0.938. The van der Waals surface area contributed by atoms with Crippen molar-refractivity contribution in [1.29, 1.82) is 0 Å². The van der Waals surface area contributed by atoms with Crippen molar-refractivity contribution in [3.8, 4) is 0 Å². The molecule has 2 N–H and O–H groups in total. The Morgan fingerprint density at radius 1 is 1.22 bits per heavy atom. The zero-order valence-electron chi connectivity index (χ0n) is 21.5. The number of anilines is 1. The standard InChI is InChI=1S/C29H38FN3O4/c30-21-6-8-23(27-5-1-2-15-37-27)24(18-21)28(29(34)35)33-14-10-20(19-33)11-16-36-17-12-22-7-9-25-26(32-22)4-3-13-31-25/h6-9,18,20,27-28,31H,1-5,10-17,19H2,(H,34,35)/t20-,27-,28?/m0/s1. The number of likely N-dealkylation sites (tertiary alicyclic amines) is 1. The highest BCUT2D eigenvalue weighted by atomic mass is 19.1. The molecule has 1 aromatic carbocycles. The molecular weight excluding hydrogens is 473 g/mol. The maximum Gasteiger partial charge on any atom is 0.325 e. The van der Waals surface area contributed by atoms with Gasteiger partial charge in [0.15, 0.2) is 0 Å². The van der Waals surface area contributed by atoms with Gasteiger partial charge in [0.05, 0.1) is 24.1 Å². The molecule has 0 amide bonds. The summed E-state index contributed by atoms with van der Waals surface area (Å²) in [6, 6.07) is 7.84. The number of hydrogen-bond acceptors (Lipinski definition) is 6. The summed E-state index contributed by atoms with van der Waals surface area (Å²) in [6.45, 7) is 4.29. The number of nitrogens with zero attached hydrogens (tertiary/aromatic N) is 2. The van der Waals surface area contributed by atoms with Crippen molar-refractivity contribution in [2.75, 3.05) is 44.8 Å². The maximum absolute atomic E-state index is 14.3. The average Bonchev–Trinajstić information content (AvgIpc) is 3.37. The van der Waals surface area contributed by atoms with Crippen molar-refractivity contribution < 1.29 is 23.8 Å². The van der Waals surface area contributed by atoms with Crippen molar-refractivity contribution in [3.05, 3.63) is 58.7 Å². The molecule has 1 unspecified atom stereocenters. The molecule has 8 heteroatoms. The van der Waals surface area contributed by atoms with Gasteiger partial charge in [-0.05, 0) is 92.8 Å². The molecule has 37 heavy (non-hydrogen) atoms. The van der Waals surface area contributed by atoms with Gasteiger partial charge in [-0.25, -0.2) is 4.39 Å². The predicted octanol–water partition coefficient (Wildman–Crippen LogP) is 4.92. The first-order valence-electron chi connectivity index (χ1n) is 13.8. The van der Waals surface area contributed by atoms with E-state index in [0.29, 0.717) is 44.4 Å². The number of halogens is 1. The van der Waals surface area contributed by atoms with Crippen LogP contribution >= 0.6 is 0 Å². The second-order valence-electron chi connectivity index (χ2n) is 10.5. The minimum Gasteiger partial charge on any atom is -0.480 e. The van der Waals surface area contributed by atoms with Crippen molar-refractivity contribution in [2.45, 2.75) is 63.5 Å². The highest BCUT2D eigenvalue weighted by molar-refractivity contribution is 5.76. The third kappa shape index (κ3) is 6.48. The highest BCUT2D eigenvalue weighted by Gasteiger charge is 2.36. The van der Waals surface area contributed by atoms with Crippen LogP contribution in [0.4, 0.5) is 10.1 Å². The van der Waals surface area contributed by atoms with Gasteiger partial charge in [0.1, 0.15) is 11.9 Å². The van der Waals surface area contributed by atoms with Crippen LogP contribution in [-0.4, -0.2) is 60.4 Å². The number of aliphatic carboxylic acids is 1. The fraction of sp³-hybridized carbons (Fsp3) is 0.586. The summed E-state index contributed by atoms with van der Waals surface area (Å²) in [7, 11) is 0. The Labute approximate surface area is 218 Å². The van der Waals surface area contributed by atoms with Crippen molar-refractivity contribution in [2.24, 2.45) is 5.92 Å². The number of ether oxygens (including phenoxy) is 2. The summed E-state index contributed by atoms with van der Waals surface area (Å²) in [4.78, 5) is 19.2. The summed E-state index contributed by atoms with van der Waals surface area (Å²) in [6.07, 6.45) is 7.44. The molecule has 3 aliphatic rings. The van der Waals surface area contributed by atoms with Crippen molar-refractivity contribution in [3.63, 3.8) is 0 Å². The van der Waals surface area contributed by atoms with Gasteiger partial charge < -0.3 is 19.9 Å². The number of aryl methyl sites for hydroxylation is 1. The van der Waals surface area contributed by atoms with E-state index in [1.54, 1.807) is 6.07 Å². The summed E-state index contributed by atoms with van der Waals surface area (Å²) in [5.74, 6) is -0.986. The lowest BCUT2D eigenvalue weighted by Gasteiger charge is -2.30. The normalized spacial score (nSPS) is 22.8. The lowest BCUT2D eigenvalue weighted by molar-refractivity contribution is -0.143. The molecule has 1 aromatic heterocycles. The fourth-order valence-corrected chi connectivity index (χ4v) is 5.93. The van der Waals surface area contributed by atoms with Gasteiger partial charge in [-0.3, -0.25) is 14.7 Å². The van der Waals surface area contributed by atoms with Crippen LogP contribution < -0.4 is 5.32 Å². The number of carbonyl (C=O) groups is 1.